The maximum Gasteiger partial charge on any atom is 0.186 e. The Morgan fingerprint density at radius 1 is 1.46 bits per heavy atom. The molecule has 1 nitrogen and oxygen atoms in total. The first kappa shape index (κ1) is 9.24. The molecule has 1 N–H and O–H groups in total. The van der Waals surface area contributed by atoms with Gasteiger partial charge in [-0.1, -0.05) is 17.4 Å². The topological polar surface area (TPSA) is 20.2 Å². The van der Waals surface area contributed by atoms with Gasteiger partial charge >= 0.3 is 0 Å². The number of thiol groups is 1. The summed E-state index contributed by atoms with van der Waals surface area (Å²) in [6.45, 7) is 0. The zero-order valence-electron chi connectivity index (χ0n) is 6.94. The molecule has 0 fully saturated rings. The number of hydrogen-bond acceptors (Lipinski definition) is 4. The molecule has 1 heterocycles. The largest absolute Gasteiger partial charge is 0.499 e. The molecule has 0 saturated heterocycles. The second-order valence-corrected chi connectivity index (χ2v) is 4.98. The van der Waals surface area contributed by atoms with Crippen LogP contribution in [-0.2, 0) is 0 Å². The maximum atomic E-state index is 9.60. The molecule has 2 aromatic rings. The predicted octanol–water partition coefficient (Wildman–Crippen LogP) is 3.62. The Morgan fingerprint density at radius 3 is 2.92 bits per heavy atom. The fourth-order valence-corrected chi connectivity index (χ4v) is 3.43. The van der Waals surface area contributed by atoms with Gasteiger partial charge in [0, 0.05) is 15.0 Å². The smallest absolute Gasteiger partial charge is 0.186 e. The van der Waals surface area contributed by atoms with Crippen LogP contribution in [0.15, 0.2) is 28.0 Å². The van der Waals surface area contributed by atoms with Gasteiger partial charge in [0.05, 0.1) is 4.90 Å². The first-order valence-electron chi connectivity index (χ1n) is 3.71. The molecule has 0 atom stereocenters. The lowest BCUT2D eigenvalue weighted by molar-refractivity contribution is 0.480. The Hall–Kier alpha value is -0.320. The van der Waals surface area contributed by atoms with E-state index in [0.717, 1.165) is 19.9 Å². The van der Waals surface area contributed by atoms with Gasteiger partial charge in [-0.2, -0.15) is 0 Å². The molecule has 0 radical (unpaired) electrons. The van der Waals surface area contributed by atoms with Crippen molar-refractivity contribution in [3.8, 4) is 5.06 Å². The zero-order chi connectivity index (χ0) is 9.42. The number of fused-ring (bicyclic) bond motifs is 1. The van der Waals surface area contributed by atoms with Crippen LogP contribution in [0.25, 0.3) is 10.1 Å². The van der Waals surface area contributed by atoms with Crippen molar-refractivity contribution in [1.29, 1.82) is 0 Å². The minimum Gasteiger partial charge on any atom is -0.499 e. The van der Waals surface area contributed by atoms with Gasteiger partial charge in [-0.15, -0.1) is 24.4 Å². The summed E-state index contributed by atoms with van der Waals surface area (Å²) in [5.41, 5.74) is 0. The normalized spacial score (nSPS) is 10.9. The number of hydrogen-bond donors (Lipinski definition) is 2. The highest BCUT2D eigenvalue weighted by atomic mass is 32.2. The van der Waals surface area contributed by atoms with Crippen molar-refractivity contribution in [1.82, 2.24) is 0 Å². The molecule has 2 rings (SSSR count). The van der Waals surface area contributed by atoms with E-state index >= 15 is 0 Å². The Balaban J connectivity index is 2.79. The SMILES string of the molecule is CSc1c(O)sc2cc(S)ccc12. The van der Waals surface area contributed by atoms with E-state index in [4.69, 9.17) is 0 Å². The van der Waals surface area contributed by atoms with Crippen LogP contribution in [-0.4, -0.2) is 11.4 Å². The maximum absolute atomic E-state index is 9.60. The molecule has 0 spiro atoms. The molecule has 1 aromatic carbocycles. The molecular weight excluding hydrogens is 220 g/mol. The van der Waals surface area contributed by atoms with Crippen molar-refractivity contribution < 1.29 is 5.11 Å². The van der Waals surface area contributed by atoms with Crippen molar-refractivity contribution in [3.05, 3.63) is 18.2 Å². The van der Waals surface area contributed by atoms with Gasteiger partial charge < -0.3 is 5.11 Å². The van der Waals surface area contributed by atoms with Crippen LogP contribution in [0.1, 0.15) is 0 Å². The Morgan fingerprint density at radius 2 is 2.23 bits per heavy atom. The molecule has 0 aliphatic carbocycles. The van der Waals surface area contributed by atoms with Crippen molar-refractivity contribution in [3.63, 3.8) is 0 Å². The molecule has 0 unspecified atom stereocenters. The fraction of sp³-hybridized carbons (Fsp3) is 0.111. The third-order valence-corrected chi connectivity index (χ3v) is 4.00. The van der Waals surface area contributed by atoms with Crippen LogP contribution >= 0.6 is 35.7 Å². The van der Waals surface area contributed by atoms with E-state index in [0.29, 0.717) is 5.06 Å². The van der Waals surface area contributed by atoms with Crippen molar-refractivity contribution in [2.75, 3.05) is 6.26 Å². The Labute approximate surface area is 90.2 Å². The highest BCUT2D eigenvalue weighted by Crippen LogP contribution is 2.42. The van der Waals surface area contributed by atoms with Gasteiger partial charge in [0.25, 0.3) is 0 Å². The zero-order valence-corrected chi connectivity index (χ0v) is 9.47. The van der Waals surface area contributed by atoms with E-state index in [2.05, 4.69) is 12.6 Å². The molecule has 0 bridgehead atoms. The number of aromatic hydroxyl groups is 1. The van der Waals surface area contributed by atoms with Crippen LogP contribution in [0.4, 0.5) is 0 Å². The fourth-order valence-electron chi connectivity index (χ4n) is 1.25. The highest BCUT2D eigenvalue weighted by Gasteiger charge is 2.09. The molecule has 1 aromatic heterocycles. The van der Waals surface area contributed by atoms with Crippen molar-refractivity contribution >= 4 is 45.8 Å². The summed E-state index contributed by atoms with van der Waals surface area (Å²) in [6.07, 6.45) is 1.97. The van der Waals surface area contributed by atoms with Crippen molar-refractivity contribution in [2.24, 2.45) is 0 Å². The minimum absolute atomic E-state index is 0.404. The third-order valence-electron chi connectivity index (χ3n) is 1.81. The second-order valence-electron chi connectivity index (χ2n) is 2.62. The average Bonchev–Trinajstić information content (AvgIpc) is 2.39. The number of thioether (sulfide) groups is 1. The monoisotopic (exact) mass is 228 g/mol. The summed E-state index contributed by atoms with van der Waals surface area (Å²) >= 11 is 7.23. The van der Waals surface area contributed by atoms with E-state index in [1.165, 1.54) is 11.3 Å². The van der Waals surface area contributed by atoms with E-state index in [9.17, 15) is 5.11 Å². The van der Waals surface area contributed by atoms with E-state index in [1.54, 1.807) is 11.8 Å². The molecule has 68 valence electrons. The van der Waals surface area contributed by atoms with Gasteiger partial charge in [0.2, 0.25) is 0 Å². The lowest BCUT2D eigenvalue weighted by Crippen LogP contribution is -1.68. The third kappa shape index (κ3) is 1.54. The van der Waals surface area contributed by atoms with Gasteiger partial charge in [-0.05, 0) is 18.4 Å². The molecule has 13 heavy (non-hydrogen) atoms. The lowest BCUT2D eigenvalue weighted by Gasteiger charge is -1.94. The summed E-state index contributed by atoms with van der Waals surface area (Å²) in [5.74, 6) is 0. The summed E-state index contributed by atoms with van der Waals surface area (Å²) < 4.78 is 1.09. The van der Waals surface area contributed by atoms with Crippen LogP contribution in [0.5, 0.6) is 5.06 Å². The predicted molar refractivity (Wildman–Crippen MR) is 62.5 cm³/mol. The quantitative estimate of drug-likeness (QED) is 0.574. The summed E-state index contributed by atoms with van der Waals surface area (Å²) in [7, 11) is 0. The first-order chi connectivity index (χ1) is 6.22. The summed E-state index contributed by atoms with van der Waals surface area (Å²) in [4.78, 5) is 1.90. The molecular formula is C9H8OS3. The van der Waals surface area contributed by atoms with Crippen LogP contribution in [0, 0.1) is 0 Å². The number of thiophene rings is 1. The minimum atomic E-state index is 0.404. The lowest BCUT2D eigenvalue weighted by atomic mass is 10.3. The van der Waals surface area contributed by atoms with Gasteiger partial charge in [0.15, 0.2) is 5.06 Å². The molecule has 0 amide bonds. The average molecular weight is 228 g/mol. The van der Waals surface area contributed by atoms with Gasteiger partial charge in [-0.3, -0.25) is 0 Å². The van der Waals surface area contributed by atoms with E-state index < -0.39 is 0 Å². The Bertz CT molecular complexity index is 447. The highest BCUT2D eigenvalue weighted by molar-refractivity contribution is 7.99. The van der Waals surface area contributed by atoms with Crippen LogP contribution in [0.2, 0.25) is 0 Å². The van der Waals surface area contributed by atoms with E-state index in [1.807, 2.05) is 24.5 Å². The van der Waals surface area contributed by atoms with Gasteiger partial charge in [-0.25, -0.2) is 0 Å². The summed E-state index contributed by atoms with van der Waals surface area (Å²) in [6, 6.07) is 5.92. The van der Waals surface area contributed by atoms with Crippen LogP contribution < -0.4 is 0 Å². The Kier molecular flexibility index (Phi) is 2.45. The second kappa shape index (κ2) is 3.44. The molecule has 0 aliphatic heterocycles. The number of benzene rings is 1. The number of rotatable bonds is 1. The van der Waals surface area contributed by atoms with Crippen LogP contribution in [0.3, 0.4) is 0 Å². The van der Waals surface area contributed by atoms with E-state index in [-0.39, 0.29) is 0 Å². The standard InChI is InChI=1S/C9H8OS3/c1-12-8-6-3-2-5(11)4-7(6)13-9(8)10/h2-4,10-11H,1H3. The molecule has 4 heteroatoms. The summed E-state index contributed by atoms with van der Waals surface area (Å²) in [5, 5.41) is 11.1. The van der Waals surface area contributed by atoms with Crippen molar-refractivity contribution in [2.45, 2.75) is 9.79 Å². The first-order valence-corrected chi connectivity index (χ1v) is 6.19. The molecule has 0 saturated carbocycles. The van der Waals surface area contributed by atoms with Gasteiger partial charge in [0.1, 0.15) is 0 Å². The molecule has 0 aliphatic rings.